The third-order valence-corrected chi connectivity index (χ3v) is 5.64. The van der Waals surface area contributed by atoms with Gasteiger partial charge in [-0.3, -0.25) is 0 Å². The Morgan fingerprint density at radius 3 is 2.59 bits per heavy atom. The number of benzene rings is 1. The molecule has 0 radical (unpaired) electrons. The average molecular weight is 397 g/mol. The van der Waals surface area contributed by atoms with Crippen LogP contribution >= 0.6 is 0 Å². The summed E-state index contributed by atoms with van der Waals surface area (Å²) in [5.74, 6) is 1.29. The zero-order valence-electron chi connectivity index (χ0n) is 16.5. The number of ether oxygens (including phenoxy) is 1. The lowest BCUT2D eigenvalue weighted by Crippen LogP contribution is -2.39. The third-order valence-electron chi connectivity index (χ3n) is 4.20. The van der Waals surface area contributed by atoms with Crippen LogP contribution in [0.1, 0.15) is 39.2 Å². The van der Waals surface area contributed by atoms with E-state index in [9.17, 15) is 8.42 Å². The monoisotopic (exact) mass is 396 g/mol. The van der Waals surface area contributed by atoms with E-state index in [0.717, 1.165) is 37.5 Å². The molecule has 1 saturated heterocycles. The van der Waals surface area contributed by atoms with Gasteiger partial charge in [0, 0.05) is 26.2 Å². The molecule has 1 aromatic rings. The van der Waals surface area contributed by atoms with Gasteiger partial charge < -0.3 is 15.4 Å². The van der Waals surface area contributed by atoms with Gasteiger partial charge in [0.15, 0.2) is 5.96 Å². The van der Waals surface area contributed by atoms with Crippen LogP contribution in [0.2, 0.25) is 0 Å². The molecule has 0 aliphatic carbocycles. The molecule has 1 aromatic carbocycles. The fourth-order valence-electron chi connectivity index (χ4n) is 2.68. The lowest BCUT2D eigenvalue weighted by Gasteiger charge is -2.13. The van der Waals surface area contributed by atoms with Crippen molar-refractivity contribution in [3.63, 3.8) is 0 Å². The highest BCUT2D eigenvalue weighted by molar-refractivity contribution is 7.89. The van der Waals surface area contributed by atoms with Crippen LogP contribution in [0.25, 0.3) is 0 Å². The summed E-state index contributed by atoms with van der Waals surface area (Å²) in [6, 6.07) is 6.85. The number of aliphatic imine (C=N–C) groups is 1. The molecule has 1 unspecified atom stereocenters. The van der Waals surface area contributed by atoms with Crippen molar-refractivity contribution in [3.05, 3.63) is 29.8 Å². The van der Waals surface area contributed by atoms with E-state index < -0.39 is 10.0 Å². The van der Waals surface area contributed by atoms with Crippen LogP contribution in [0.15, 0.2) is 34.2 Å². The number of rotatable bonds is 9. The molecule has 8 heteroatoms. The van der Waals surface area contributed by atoms with E-state index in [1.54, 1.807) is 24.3 Å². The Kier molecular flexibility index (Phi) is 8.53. The van der Waals surface area contributed by atoms with Crippen LogP contribution in [0, 0.1) is 5.92 Å². The van der Waals surface area contributed by atoms with Crippen molar-refractivity contribution < 1.29 is 13.2 Å². The Labute approximate surface area is 163 Å². The lowest BCUT2D eigenvalue weighted by molar-refractivity contribution is 0.114. The van der Waals surface area contributed by atoms with Crippen molar-refractivity contribution in [2.75, 3.05) is 26.2 Å². The summed E-state index contributed by atoms with van der Waals surface area (Å²) in [5, 5.41) is 6.50. The number of hydrogen-bond donors (Lipinski definition) is 3. The zero-order chi connectivity index (χ0) is 19.7. The van der Waals surface area contributed by atoms with Crippen LogP contribution in [-0.4, -0.2) is 46.7 Å². The molecule has 3 N–H and O–H groups in total. The molecule has 0 saturated carbocycles. The Balaban J connectivity index is 1.93. The van der Waals surface area contributed by atoms with Crippen molar-refractivity contribution >= 4 is 16.0 Å². The predicted octanol–water partition coefficient (Wildman–Crippen LogP) is 1.85. The summed E-state index contributed by atoms with van der Waals surface area (Å²) in [6.07, 6.45) is 1.87. The van der Waals surface area contributed by atoms with Gasteiger partial charge in [-0.25, -0.2) is 18.1 Å². The van der Waals surface area contributed by atoms with Gasteiger partial charge in [0.05, 0.1) is 17.5 Å². The first-order valence-electron chi connectivity index (χ1n) is 9.63. The first-order valence-corrected chi connectivity index (χ1v) is 11.1. The Morgan fingerprint density at radius 2 is 2.00 bits per heavy atom. The maximum absolute atomic E-state index is 12.4. The molecule has 1 aliphatic heterocycles. The topological polar surface area (TPSA) is 91.8 Å². The highest BCUT2D eigenvalue weighted by Gasteiger charge is 2.20. The van der Waals surface area contributed by atoms with Gasteiger partial charge in [0.25, 0.3) is 0 Å². The number of guanidine groups is 1. The predicted molar refractivity (Wildman–Crippen MR) is 108 cm³/mol. The molecule has 2 rings (SSSR count). The first kappa shape index (κ1) is 21.7. The summed E-state index contributed by atoms with van der Waals surface area (Å²) in [4.78, 5) is 4.81. The average Bonchev–Trinajstić information content (AvgIpc) is 3.16. The second-order valence-corrected chi connectivity index (χ2v) is 8.87. The molecule has 0 bridgehead atoms. The van der Waals surface area contributed by atoms with Crippen LogP contribution in [0.5, 0.6) is 0 Å². The molecule has 1 atom stereocenters. The van der Waals surface area contributed by atoms with E-state index in [1.165, 1.54) is 0 Å². The van der Waals surface area contributed by atoms with E-state index in [1.807, 2.05) is 6.92 Å². The lowest BCUT2D eigenvalue weighted by atomic mass is 10.2. The number of nitrogens with zero attached hydrogens (tertiary/aromatic N) is 1. The molecule has 1 aliphatic rings. The minimum Gasteiger partial charge on any atom is -0.377 e. The van der Waals surface area contributed by atoms with Crippen molar-refractivity contribution in [2.45, 2.75) is 51.2 Å². The highest BCUT2D eigenvalue weighted by atomic mass is 32.2. The number of hydrogen-bond acceptors (Lipinski definition) is 4. The smallest absolute Gasteiger partial charge is 0.240 e. The van der Waals surface area contributed by atoms with E-state index in [-0.39, 0.29) is 11.0 Å². The van der Waals surface area contributed by atoms with Crippen LogP contribution < -0.4 is 15.4 Å². The van der Waals surface area contributed by atoms with Crippen LogP contribution in [-0.2, 0) is 21.3 Å². The number of nitrogens with one attached hydrogen (secondary N) is 3. The molecular formula is C19H32N4O3S. The summed E-state index contributed by atoms with van der Waals surface area (Å²) in [7, 11) is -3.51. The molecule has 1 heterocycles. The molecule has 1 fully saturated rings. The molecule has 0 aromatic heterocycles. The van der Waals surface area contributed by atoms with Gasteiger partial charge in [-0.2, -0.15) is 0 Å². The van der Waals surface area contributed by atoms with Gasteiger partial charge in [-0.1, -0.05) is 26.0 Å². The summed E-state index contributed by atoms with van der Waals surface area (Å²) in [5.41, 5.74) is 0.954. The van der Waals surface area contributed by atoms with Crippen molar-refractivity contribution in [1.29, 1.82) is 0 Å². The van der Waals surface area contributed by atoms with Gasteiger partial charge in [-0.05, 0) is 43.4 Å². The SMILES string of the molecule is CCNC(=NCc1ccc(S(=O)(=O)NCC2CCCO2)cc1)NCC(C)C. The second kappa shape index (κ2) is 10.6. The summed E-state index contributed by atoms with van der Waals surface area (Å²) >= 11 is 0. The fourth-order valence-corrected chi connectivity index (χ4v) is 3.74. The minimum absolute atomic E-state index is 0.0174. The first-order chi connectivity index (χ1) is 12.9. The van der Waals surface area contributed by atoms with Crippen molar-refractivity contribution in [1.82, 2.24) is 15.4 Å². The van der Waals surface area contributed by atoms with E-state index in [4.69, 9.17) is 4.74 Å². The Hall–Kier alpha value is -1.64. The molecular weight excluding hydrogens is 364 g/mol. The van der Waals surface area contributed by atoms with Crippen LogP contribution in [0.4, 0.5) is 0 Å². The van der Waals surface area contributed by atoms with Gasteiger partial charge in [0.2, 0.25) is 10.0 Å². The zero-order valence-corrected chi connectivity index (χ0v) is 17.3. The van der Waals surface area contributed by atoms with E-state index in [0.29, 0.717) is 25.6 Å². The molecule has 27 heavy (non-hydrogen) atoms. The molecule has 0 amide bonds. The molecule has 152 valence electrons. The fraction of sp³-hybridized carbons (Fsp3) is 0.632. The largest absolute Gasteiger partial charge is 0.377 e. The molecule has 7 nitrogen and oxygen atoms in total. The standard InChI is InChI=1S/C19H32N4O3S/c1-4-20-19(21-12-15(2)3)22-13-16-7-9-18(10-8-16)27(24,25)23-14-17-6-5-11-26-17/h7-10,15,17,23H,4-6,11-14H2,1-3H3,(H2,20,21,22). The molecule has 0 spiro atoms. The number of sulfonamides is 1. The third kappa shape index (κ3) is 7.48. The van der Waals surface area contributed by atoms with Crippen LogP contribution in [0.3, 0.4) is 0 Å². The Bertz CT molecular complexity index is 696. The van der Waals surface area contributed by atoms with Crippen molar-refractivity contribution in [2.24, 2.45) is 10.9 Å². The maximum atomic E-state index is 12.4. The maximum Gasteiger partial charge on any atom is 0.240 e. The normalized spacial score (nSPS) is 18.1. The quantitative estimate of drug-likeness (QED) is 0.438. The minimum atomic E-state index is -3.51. The van der Waals surface area contributed by atoms with Gasteiger partial charge in [0.1, 0.15) is 0 Å². The Morgan fingerprint density at radius 1 is 1.26 bits per heavy atom. The summed E-state index contributed by atoms with van der Waals surface area (Å²) < 4.78 is 32.9. The second-order valence-electron chi connectivity index (χ2n) is 7.10. The van der Waals surface area contributed by atoms with Crippen molar-refractivity contribution in [3.8, 4) is 0 Å². The summed E-state index contributed by atoms with van der Waals surface area (Å²) in [6.45, 7) is 9.46. The van der Waals surface area contributed by atoms with E-state index >= 15 is 0 Å². The highest BCUT2D eigenvalue weighted by Crippen LogP contribution is 2.14. The van der Waals surface area contributed by atoms with Gasteiger partial charge >= 0.3 is 0 Å². The van der Waals surface area contributed by atoms with E-state index in [2.05, 4.69) is 34.2 Å². The van der Waals surface area contributed by atoms with Gasteiger partial charge in [-0.15, -0.1) is 0 Å².